The van der Waals surface area contributed by atoms with E-state index in [2.05, 4.69) is 10.3 Å². The second-order valence-corrected chi connectivity index (χ2v) is 3.36. The standard InChI is InChI=1S/C10H12N2O3/c1-6-9(15-10(13)11-6)7-4-3-5-8(12-7)14-2/h3-6,9H,1-2H3,(H,11,13)/t6-,9-/m0/s1. The van der Waals surface area contributed by atoms with E-state index in [-0.39, 0.29) is 12.1 Å². The summed E-state index contributed by atoms with van der Waals surface area (Å²) in [6.07, 6.45) is -0.746. The van der Waals surface area contributed by atoms with Gasteiger partial charge in [0.25, 0.3) is 0 Å². The van der Waals surface area contributed by atoms with E-state index in [9.17, 15) is 4.79 Å². The highest BCUT2D eigenvalue weighted by Gasteiger charge is 2.32. The fourth-order valence-electron chi connectivity index (χ4n) is 1.53. The van der Waals surface area contributed by atoms with Crippen molar-refractivity contribution in [3.63, 3.8) is 0 Å². The van der Waals surface area contributed by atoms with Crippen molar-refractivity contribution in [1.29, 1.82) is 0 Å². The summed E-state index contributed by atoms with van der Waals surface area (Å²) in [6.45, 7) is 1.87. The van der Waals surface area contributed by atoms with Gasteiger partial charge in [0, 0.05) is 6.07 Å². The fraction of sp³-hybridized carbons (Fsp3) is 0.400. The number of hydrogen-bond donors (Lipinski definition) is 1. The molecular weight excluding hydrogens is 196 g/mol. The predicted octanol–water partition coefficient (Wildman–Crippen LogP) is 1.26. The van der Waals surface area contributed by atoms with Gasteiger partial charge in [0.1, 0.15) is 0 Å². The van der Waals surface area contributed by atoms with Crippen LogP contribution in [0.3, 0.4) is 0 Å². The molecule has 0 aliphatic carbocycles. The van der Waals surface area contributed by atoms with Gasteiger partial charge in [-0.1, -0.05) is 6.07 Å². The normalized spacial score (nSPS) is 24.5. The Morgan fingerprint density at radius 1 is 1.53 bits per heavy atom. The van der Waals surface area contributed by atoms with Crippen molar-refractivity contribution in [2.75, 3.05) is 7.11 Å². The number of cyclic esters (lactones) is 1. The van der Waals surface area contributed by atoms with Crippen LogP contribution < -0.4 is 10.1 Å². The van der Waals surface area contributed by atoms with Crippen LogP contribution in [0.25, 0.3) is 0 Å². The molecule has 1 aliphatic rings. The SMILES string of the molecule is COc1cccc([C@H]2OC(=O)N[C@H]2C)n1. The number of ether oxygens (including phenoxy) is 2. The lowest BCUT2D eigenvalue weighted by atomic mass is 10.1. The highest BCUT2D eigenvalue weighted by Crippen LogP contribution is 2.25. The molecule has 1 amide bonds. The maximum atomic E-state index is 11.0. The Hall–Kier alpha value is -1.78. The van der Waals surface area contributed by atoms with Crippen LogP contribution in [0.4, 0.5) is 4.79 Å². The minimum atomic E-state index is -0.405. The van der Waals surface area contributed by atoms with Gasteiger partial charge in [0.2, 0.25) is 5.88 Å². The molecule has 1 fully saturated rings. The maximum absolute atomic E-state index is 11.0. The van der Waals surface area contributed by atoms with Gasteiger partial charge in [-0.25, -0.2) is 9.78 Å². The highest BCUT2D eigenvalue weighted by atomic mass is 16.6. The van der Waals surface area contributed by atoms with Crippen molar-refractivity contribution < 1.29 is 14.3 Å². The van der Waals surface area contributed by atoms with E-state index < -0.39 is 6.09 Å². The van der Waals surface area contributed by atoms with Crippen LogP contribution >= 0.6 is 0 Å². The van der Waals surface area contributed by atoms with Gasteiger partial charge in [0.15, 0.2) is 6.10 Å². The Balaban J connectivity index is 2.25. The van der Waals surface area contributed by atoms with Gasteiger partial charge in [-0.2, -0.15) is 0 Å². The number of carbonyl (C=O) groups excluding carboxylic acids is 1. The lowest BCUT2D eigenvalue weighted by molar-refractivity contribution is 0.131. The Morgan fingerprint density at radius 2 is 2.33 bits per heavy atom. The third-order valence-electron chi connectivity index (χ3n) is 2.28. The molecule has 80 valence electrons. The Bertz CT molecular complexity index is 381. The quantitative estimate of drug-likeness (QED) is 0.794. The molecule has 0 bridgehead atoms. The number of aromatic nitrogens is 1. The van der Waals surface area contributed by atoms with Crippen LogP contribution in [-0.2, 0) is 4.74 Å². The van der Waals surface area contributed by atoms with Crippen molar-refractivity contribution in [2.45, 2.75) is 19.1 Å². The lowest BCUT2D eigenvalue weighted by Gasteiger charge is -2.12. The topological polar surface area (TPSA) is 60.5 Å². The first-order valence-electron chi connectivity index (χ1n) is 4.69. The molecular formula is C10H12N2O3. The summed E-state index contributed by atoms with van der Waals surface area (Å²) >= 11 is 0. The molecule has 1 saturated heterocycles. The number of pyridine rings is 1. The number of amides is 1. The minimum absolute atomic E-state index is 0.0721. The number of alkyl carbamates (subject to hydrolysis) is 1. The monoisotopic (exact) mass is 208 g/mol. The average molecular weight is 208 g/mol. The molecule has 1 aromatic heterocycles. The zero-order valence-electron chi connectivity index (χ0n) is 8.56. The summed E-state index contributed by atoms with van der Waals surface area (Å²) in [6, 6.07) is 5.31. The summed E-state index contributed by atoms with van der Waals surface area (Å²) in [5, 5.41) is 2.66. The molecule has 1 N–H and O–H groups in total. The van der Waals surface area contributed by atoms with Gasteiger partial charge in [-0.05, 0) is 13.0 Å². The minimum Gasteiger partial charge on any atom is -0.481 e. The van der Waals surface area contributed by atoms with Gasteiger partial charge in [-0.3, -0.25) is 0 Å². The molecule has 0 saturated carbocycles. The number of nitrogens with zero attached hydrogens (tertiary/aromatic N) is 1. The van der Waals surface area contributed by atoms with Gasteiger partial charge in [-0.15, -0.1) is 0 Å². The number of nitrogens with one attached hydrogen (secondary N) is 1. The second kappa shape index (κ2) is 3.76. The zero-order valence-corrected chi connectivity index (χ0v) is 8.56. The third kappa shape index (κ3) is 1.86. The summed E-state index contributed by atoms with van der Waals surface area (Å²) in [5.74, 6) is 0.516. The van der Waals surface area contributed by atoms with Crippen LogP contribution in [0.1, 0.15) is 18.7 Å². The summed E-state index contributed by atoms with van der Waals surface area (Å²) in [7, 11) is 1.55. The lowest BCUT2D eigenvalue weighted by Crippen LogP contribution is -2.24. The van der Waals surface area contributed by atoms with Gasteiger partial charge >= 0.3 is 6.09 Å². The molecule has 1 aromatic rings. The molecule has 2 rings (SSSR count). The van der Waals surface area contributed by atoms with Crippen LogP contribution in [0.5, 0.6) is 5.88 Å². The Labute approximate surface area is 87.4 Å². The van der Waals surface area contributed by atoms with E-state index in [1.807, 2.05) is 19.1 Å². The van der Waals surface area contributed by atoms with E-state index in [1.54, 1.807) is 13.2 Å². The molecule has 0 aromatic carbocycles. The van der Waals surface area contributed by atoms with Gasteiger partial charge < -0.3 is 14.8 Å². The van der Waals surface area contributed by atoms with E-state index in [1.165, 1.54) is 0 Å². The first kappa shape index (κ1) is 9.76. The van der Waals surface area contributed by atoms with E-state index in [4.69, 9.17) is 9.47 Å². The second-order valence-electron chi connectivity index (χ2n) is 3.36. The molecule has 0 spiro atoms. The van der Waals surface area contributed by atoms with Crippen molar-refractivity contribution in [1.82, 2.24) is 10.3 Å². The molecule has 2 heterocycles. The van der Waals surface area contributed by atoms with Crippen LogP contribution in [0, 0.1) is 0 Å². The Kier molecular flexibility index (Phi) is 2.45. The fourth-order valence-corrected chi connectivity index (χ4v) is 1.53. The Morgan fingerprint density at radius 3 is 2.93 bits per heavy atom. The van der Waals surface area contributed by atoms with Crippen LogP contribution in [0.15, 0.2) is 18.2 Å². The largest absolute Gasteiger partial charge is 0.481 e. The average Bonchev–Trinajstić information content (AvgIpc) is 2.58. The molecule has 15 heavy (non-hydrogen) atoms. The van der Waals surface area contributed by atoms with Crippen LogP contribution in [0.2, 0.25) is 0 Å². The molecule has 0 radical (unpaired) electrons. The first-order chi connectivity index (χ1) is 7.20. The van der Waals surface area contributed by atoms with Gasteiger partial charge in [0.05, 0.1) is 18.8 Å². The zero-order chi connectivity index (χ0) is 10.8. The maximum Gasteiger partial charge on any atom is 0.408 e. The summed E-state index contributed by atoms with van der Waals surface area (Å²) in [5.41, 5.74) is 0.695. The predicted molar refractivity (Wildman–Crippen MR) is 52.6 cm³/mol. The number of methoxy groups -OCH3 is 1. The van der Waals surface area contributed by atoms with E-state index in [0.717, 1.165) is 0 Å². The van der Waals surface area contributed by atoms with Crippen molar-refractivity contribution in [3.8, 4) is 5.88 Å². The number of carbonyl (C=O) groups is 1. The first-order valence-corrected chi connectivity index (χ1v) is 4.69. The van der Waals surface area contributed by atoms with Crippen molar-refractivity contribution in [3.05, 3.63) is 23.9 Å². The number of hydrogen-bond acceptors (Lipinski definition) is 4. The summed E-state index contributed by atoms with van der Waals surface area (Å²) in [4.78, 5) is 15.2. The smallest absolute Gasteiger partial charge is 0.408 e. The molecule has 0 unspecified atom stereocenters. The van der Waals surface area contributed by atoms with Crippen molar-refractivity contribution in [2.24, 2.45) is 0 Å². The van der Waals surface area contributed by atoms with E-state index in [0.29, 0.717) is 11.6 Å². The van der Waals surface area contributed by atoms with E-state index >= 15 is 0 Å². The highest BCUT2D eigenvalue weighted by molar-refractivity contribution is 5.70. The summed E-state index contributed by atoms with van der Waals surface area (Å²) < 4.78 is 10.1. The number of rotatable bonds is 2. The third-order valence-corrected chi connectivity index (χ3v) is 2.28. The van der Waals surface area contributed by atoms with Crippen LogP contribution in [-0.4, -0.2) is 24.2 Å². The molecule has 5 nitrogen and oxygen atoms in total. The molecule has 1 aliphatic heterocycles. The van der Waals surface area contributed by atoms with Crippen molar-refractivity contribution >= 4 is 6.09 Å². The molecule has 2 atom stereocenters. The molecule has 5 heteroatoms.